The third-order valence-electron chi connectivity index (χ3n) is 4.82. The normalized spacial score (nSPS) is 17.7. The standard InChI is InChI=1S/C21H26N2O2/c1-16-11-13-17(14-12-16)19-9-4-3-7-15-23(19)21(24)22-18-8-5-6-10-20(18)25-2/h5-6,8,10-14,19H,3-4,7,9,15H2,1-2H3,(H,22,24)/t19-/m1/s1. The van der Waals surface area contributed by atoms with Gasteiger partial charge in [0.1, 0.15) is 5.75 Å². The topological polar surface area (TPSA) is 41.6 Å². The predicted octanol–water partition coefficient (Wildman–Crippen LogP) is 5.15. The Balaban J connectivity index is 1.83. The number of nitrogens with one attached hydrogen (secondary N) is 1. The second-order valence-electron chi connectivity index (χ2n) is 6.60. The monoisotopic (exact) mass is 338 g/mol. The number of hydrogen-bond donors (Lipinski definition) is 1. The van der Waals surface area contributed by atoms with Crippen LogP contribution >= 0.6 is 0 Å². The van der Waals surface area contributed by atoms with E-state index in [0.29, 0.717) is 11.4 Å². The summed E-state index contributed by atoms with van der Waals surface area (Å²) in [5, 5.41) is 3.03. The Morgan fingerprint density at radius 3 is 2.60 bits per heavy atom. The largest absolute Gasteiger partial charge is 0.495 e. The van der Waals surface area contributed by atoms with Gasteiger partial charge in [-0.2, -0.15) is 0 Å². The molecule has 132 valence electrons. The Kier molecular flexibility index (Phi) is 5.59. The third kappa shape index (κ3) is 4.13. The number of rotatable bonds is 3. The fourth-order valence-electron chi connectivity index (χ4n) is 3.42. The van der Waals surface area contributed by atoms with Crippen molar-refractivity contribution >= 4 is 11.7 Å². The number of methoxy groups -OCH3 is 1. The van der Waals surface area contributed by atoms with Gasteiger partial charge >= 0.3 is 6.03 Å². The van der Waals surface area contributed by atoms with Gasteiger partial charge in [-0.3, -0.25) is 0 Å². The molecular formula is C21H26N2O2. The van der Waals surface area contributed by atoms with Gasteiger partial charge in [0.15, 0.2) is 0 Å². The summed E-state index contributed by atoms with van der Waals surface area (Å²) in [7, 11) is 1.62. The van der Waals surface area contributed by atoms with Gasteiger partial charge in [-0.1, -0.05) is 54.8 Å². The van der Waals surface area contributed by atoms with E-state index in [2.05, 4.69) is 36.5 Å². The zero-order chi connectivity index (χ0) is 17.6. The first-order chi connectivity index (χ1) is 12.2. The molecule has 0 radical (unpaired) electrons. The molecule has 0 aromatic heterocycles. The van der Waals surface area contributed by atoms with Crippen molar-refractivity contribution in [2.75, 3.05) is 19.0 Å². The van der Waals surface area contributed by atoms with E-state index in [0.717, 1.165) is 25.8 Å². The van der Waals surface area contributed by atoms with E-state index in [1.807, 2.05) is 29.2 Å². The summed E-state index contributed by atoms with van der Waals surface area (Å²) in [6.45, 7) is 2.86. The molecule has 1 atom stereocenters. The summed E-state index contributed by atoms with van der Waals surface area (Å²) in [6.07, 6.45) is 4.36. The number of nitrogens with zero attached hydrogens (tertiary/aromatic N) is 1. The van der Waals surface area contributed by atoms with E-state index in [1.54, 1.807) is 7.11 Å². The molecule has 25 heavy (non-hydrogen) atoms. The van der Waals surface area contributed by atoms with E-state index >= 15 is 0 Å². The van der Waals surface area contributed by atoms with Crippen molar-refractivity contribution in [3.8, 4) is 5.75 Å². The highest BCUT2D eigenvalue weighted by molar-refractivity contribution is 5.91. The minimum absolute atomic E-state index is 0.0584. The molecule has 0 aliphatic carbocycles. The van der Waals surface area contributed by atoms with Crippen LogP contribution < -0.4 is 10.1 Å². The lowest BCUT2D eigenvalue weighted by Gasteiger charge is -2.31. The van der Waals surface area contributed by atoms with Gasteiger partial charge in [0, 0.05) is 6.54 Å². The molecule has 2 aromatic rings. The number of amides is 2. The molecule has 2 aromatic carbocycles. The smallest absolute Gasteiger partial charge is 0.322 e. The summed E-state index contributed by atoms with van der Waals surface area (Å²) < 4.78 is 5.35. The Morgan fingerprint density at radius 2 is 1.84 bits per heavy atom. The maximum absolute atomic E-state index is 13.0. The summed E-state index contributed by atoms with van der Waals surface area (Å²) in [4.78, 5) is 15.0. The highest BCUT2D eigenvalue weighted by Crippen LogP contribution is 2.32. The summed E-state index contributed by atoms with van der Waals surface area (Å²) in [5.41, 5.74) is 3.16. The molecule has 4 heteroatoms. The molecule has 0 unspecified atom stereocenters. The summed E-state index contributed by atoms with van der Waals surface area (Å²) in [6, 6.07) is 16.1. The maximum atomic E-state index is 13.0. The lowest BCUT2D eigenvalue weighted by Crippen LogP contribution is -2.38. The summed E-state index contributed by atoms with van der Waals surface area (Å²) >= 11 is 0. The van der Waals surface area contributed by atoms with Crippen LogP contribution in [-0.2, 0) is 0 Å². The van der Waals surface area contributed by atoms with Crippen molar-refractivity contribution < 1.29 is 9.53 Å². The summed E-state index contributed by atoms with van der Waals surface area (Å²) in [5.74, 6) is 0.678. The Morgan fingerprint density at radius 1 is 1.08 bits per heavy atom. The molecular weight excluding hydrogens is 312 g/mol. The SMILES string of the molecule is COc1ccccc1NC(=O)N1CCCCC[C@@H]1c1ccc(C)cc1. The van der Waals surface area contributed by atoms with Crippen molar-refractivity contribution in [2.45, 2.75) is 38.6 Å². The Bertz CT molecular complexity index is 712. The highest BCUT2D eigenvalue weighted by Gasteiger charge is 2.27. The minimum atomic E-state index is -0.0584. The third-order valence-corrected chi connectivity index (χ3v) is 4.82. The average molecular weight is 338 g/mol. The van der Waals surface area contributed by atoms with Crippen molar-refractivity contribution in [1.29, 1.82) is 0 Å². The Hall–Kier alpha value is -2.49. The van der Waals surface area contributed by atoms with Crippen LogP contribution in [0.25, 0.3) is 0 Å². The second-order valence-corrected chi connectivity index (χ2v) is 6.60. The number of carbonyl (C=O) groups is 1. The number of aryl methyl sites for hydroxylation is 1. The van der Waals surface area contributed by atoms with Crippen LogP contribution in [0.2, 0.25) is 0 Å². The number of carbonyl (C=O) groups excluding carboxylic acids is 1. The number of ether oxygens (including phenoxy) is 1. The first kappa shape index (κ1) is 17.3. The number of anilines is 1. The molecule has 2 amide bonds. The zero-order valence-electron chi connectivity index (χ0n) is 15.0. The molecule has 1 saturated heterocycles. The molecule has 3 rings (SSSR count). The number of urea groups is 1. The quantitative estimate of drug-likeness (QED) is 0.840. The fraction of sp³-hybridized carbons (Fsp3) is 0.381. The number of hydrogen-bond acceptors (Lipinski definition) is 2. The van der Waals surface area contributed by atoms with E-state index in [4.69, 9.17) is 4.74 Å². The molecule has 1 N–H and O–H groups in total. The van der Waals surface area contributed by atoms with Gasteiger partial charge in [-0.25, -0.2) is 4.79 Å². The van der Waals surface area contributed by atoms with Gasteiger partial charge in [0.25, 0.3) is 0 Å². The first-order valence-electron chi connectivity index (χ1n) is 8.96. The van der Waals surface area contributed by atoms with Crippen LogP contribution in [0.5, 0.6) is 5.75 Å². The van der Waals surface area contributed by atoms with Crippen molar-refractivity contribution in [2.24, 2.45) is 0 Å². The van der Waals surface area contributed by atoms with Crippen molar-refractivity contribution in [1.82, 2.24) is 4.90 Å². The molecule has 1 aliphatic rings. The molecule has 1 fully saturated rings. The molecule has 0 bridgehead atoms. The number of para-hydroxylation sites is 2. The average Bonchev–Trinajstić information content (AvgIpc) is 2.89. The van der Waals surface area contributed by atoms with E-state index in [-0.39, 0.29) is 12.1 Å². The van der Waals surface area contributed by atoms with E-state index in [1.165, 1.54) is 17.5 Å². The number of benzene rings is 2. The van der Waals surface area contributed by atoms with Crippen LogP contribution in [0.15, 0.2) is 48.5 Å². The second kappa shape index (κ2) is 8.06. The zero-order valence-corrected chi connectivity index (χ0v) is 15.0. The molecule has 4 nitrogen and oxygen atoms in total. The van der Waals surface area contributed by atoms with Gasteiger partial charge in [0.05, 0.1) is 18.8 Å². The van der Waals surface area contributed by atoms with Crippen LogP contribution in [-0.4, -0.2) is 24.6 Å². The van der Waals surface area contributed by atoms with Gasteiger partial charge in [-0.15, -0.1) is 0 Å². The van der Waals surface area contributed by atoms with Gasteiger partial charge in [0.2, 0.25) is 0 Å². The van der Waals surface area contributed by atoms with E-state index < -0.39 is 0 Å². The maximum Gasteiger partial charge on any atom is 0.322 e. The lowest BCUT2D eigenvalue weighted by molar-refractivity contribution is 0.189. The fourth-order valence-corrected chi connectivity index (χ4v) is 3.42. The first-order valence-corrected chi connectivity index (χ1v) is 8.96. The van der Waals surface area contributed by atoms with Gasteiger partial charge in [-0.05, 0) is 37.5 Å². The predicted molar refractivity (Wildman–Crippen MR) is 101 cm³/mol. The van der Waals surface area contributed by atoms with Crippen LogP contribution in [0.3, 0.4) is 0 Å². The van der Waals surface area contributed by atoms with Crippen LogP contribution in [0.4, 0.5) is 10.5 Å². The van der Waals surface area contributed by atoms with Crippen molar-refractivity contribution in [3.63, 3.8) is 0 Å². The molecule has 1 aliphatic heterocycles. The van der Waals surface area contributed by atoms with Crippen LogP contribution in [0.1, 0.15) is 42.9 Å². The molecule has 0 saturated carbocycles. The number of likely N-dealkylation sites (tertiary alicyclic amines) is 1. The van der Waals surface area contributed by atoms with Crippen LogP contribution in [0, 0.1) is 6.92 Å². The van der Waals surface area contributed by atoms with E-state index in [9.17, 15) is 4.79 Å². The van der Waals surface area contributed by atoms with Crippen molar-refractivity contribution in [3.05, 3.63) is 59.7 Å². The molecule has 0 spiro atoms. The lowest BCUT2D eigenvalue weighted by atomic mass is 10.00. The van der Waals surface area contributed by atoms with Gasteiger partial charge < -0.3 is 15.0 Å². The highest BCUT2D eigenvalue weighted by atomic mass is 16.5. The minimum Gasteiger partial charge on any atom is -0.495 e. The Labute approximate surface area is 149 Å². The molecule has 1 heterocycles.